The van der Waals surface area contributed by atoms with Gasteiger partial charge in [0.15, 0.2) is 17.5 Å². The van der Waals surface area contributed by atoms with Crippen molar-refractivity contribution in [3.05, 3.63) is 83.6 Å². The van der Waals surface area contributed by atoms with E-state index in [0.717, 1.165) is 30.5 Å². The normalized spacial score (nSPS) is 12.3. The topological polar surface area (TPSA) is 99.2 Å². The Morgan fingerprint density at radius 3 is 2.71 bits per heavy atom. The largest absolute Gasteiger partial charge is 0.461 e. The number of carbonyl (C=O) groups is 2. The van der Waals surface area contributed by atoms with Crippen molar-refractivity contribution in [3.8, 4) is 11.6 Å². The molecule has 1 aliphatic carbocycles. The number of hydrogen-bond donors (Lipinski definition) is 1. The quantitative estimate of drug-likeness (QED) is 0.276. The second kappa shape index (κ2) is 10.6. The van der Waals surface area contributed by atoms with Crippen LogP contribution in [-0.2, 0) is 33.7 Å². The number of hydrogen-bond acceptors (Lipinski definition) is 7. The Morgan fingerprint density at radius 1 is 1.03 bits per heavy atom. The minimum absolute atomic E-state index is 0.00277. The van der Waals surface area contributed by atoms with Crippen LogP contribution in [0.25, 0.3) is 11.6 Å². The zero-order valence-electron chi connectivity index (χ0n) is 19.0. The number of thioether (sulfide) groups is 1. The Hall–Kier alpha value is -3.85. The van der Waals surface area contributed by atoms with Gasteiger partial charge in [0.05, 0.1) is 18.6 Å². The lowest BCUT2D eigenvalue weighted by atomic mass is 10.1. The molecule has 2 aromatic carbocycles. The van der Waals surface area contributed by atoms with Gasteiger partial charge in [-0.25, -0.2) is 0 Å². The van der Waals surface area contributed by atoms with Crippen LogP contribution in [0.2, 0.25) is 0 Å². The molecular formula is C26H24N4O4S. The molecule has 35 heavy (non-hydrogen) atoms. The molecule has 0 fully saturated rings. The maximum absolute atomic E-state index is 12.3. The van der Waals surface area contributed by atoms with Gasteiger partial charge in [-0.3, -0.25) is 14.2 Å². The molecule has 4 aromatic rings. The lowest BCUT2D eigenvalue weighted by molar-refractivity contribution is -0.144. The zero-order valence-corrected chi connectivity index (χ0v) is 19.8. The molecule has 1 aliphatic rings. The van der Waals surface area contributed by atoms with Crippen LogP contribution in [0, 0.1) is 0 Å². The molecule has 178 valence electrons. The first-order valence-corrected chi connectivity index (χ1v) is 12.4. The van der Waals surface area contributed by atoms with Crippen molar-refractivity contribution in [2.24, 2.45) is 0 Å². The summed E-state index contributed by atoms with van der Waals surface area (Å²) in [6.07, 6.45) is 4.84. The van der Waals surface area contributed by atoms with Gasteiger partial charge >= 0.3 is 5.97 Å². The number of fused-ring (bicyclic) bond motifs is 1. The van der Waals surface area contributed by atoms with Gasteiger partial charge in [-0.2, -0.15) is 0 Å². The minimum Gasteiger partial charge on any atom is -0.461 e. The van der Waals surface area contributed by atoms with Crippen molar-refractivity contribution in [2.45, 2.75) is 31.0 Å². The summed E-state index contributed by atoms with van der Waals surface area (Å²) < 4.78 is 12.6. The van der Waals surface area contributed by atoms with E-state index in [9.17, 15) is 9.59 Å². The lowest BCUT2D eigenvalue weighted by Crippen LogP contribution is -2.21. The first kappa shape index (κ1) is 22.9. The van der Waals surface area contributed by atoms with Crippen LogP contribution < -0.4 is 5.32 Å². The first-order valence-electron chi connectivity index (χ1n) is 11.4. The van der Waals surface area contributed by atoms with Gasteiger partial charge in [0.1, 0.15) is 0 Å². The van der Waals surface area contributed by atoms with Crippen LogP contribution in [-0.4, -0.2) is 39.0 Å². The standard InChI is InChI=1S/C26H24N4O4S/c31-23(27-21-12-11-19-8-4-9-20(19)14-21)16-34-24(32)17-35-26-29-28-25(22-10-5-13-33-22)30(26)15-18-6-2-1-3-7-18/h1-3,5-7,10-14H,4,8-9,15-17H2,(H,27,31). The molecule has 0 saturated heterocycles. The highest BCUT2D eigenvalue weighted by Crippen LogP contribution is 2.26. The summed E-state index contributed by atoms with van der Waals surface area (Å²) in [5, 5.41) is 11.9. The van der Waals surface area contributed by atoms with E-state index in [1.165, 1.54) is 22.9 Å². The molecule has 2 aromatic heterocycles. The van der Waals surface area contributed by atoms with E-state index in [2.05, 4.69) is 15.5 Å². The summed E-state index contributed by atoms with van der Waals surface area (Å²) in [5.41, 5.74) is 4.39. The molecule has 0 bridgehead atoms. The third-order valence-electron chi connectivity index (χ3n) is 5.71. The number of aromatic nitrogens is 3. The van der Waals surface area contributed by atoms with Gasteiger partial charge in [0, 0.05) is 5.69 Å². The molecule has 0 saturated carbocycles. The number of furan rings is 1. The molecule has 0 unspecified atom stereocenters. The second-order valence-corrected chi connectivity index (χ2v) is 9.13. The molecule has 9 heteroatoms. The molecule has 5 rings (SSSR count). The number of nitrogens with one attached hydrogen (secondary N) is 1. The zero-order chi connectivity index (χ0) is 24.0. The van der Waals surface area contributed by atoms with E-state index in [1.807, 2.05) is 59.2 Å². The van der Waals surface area contributed by atoms with E-state index in [-0.39, 0.29) is 18.3 Å². The van der Waals surface area contributed by atoms with E-state index in [0.29, 0.717) is 23.3 Å². The Morgan fingerprint density at radius 2 is 1.89 bits per heavy atom. The third kappa shape index (κ3) is 5.63. The summed E-state index contributed by atoms with van der Waals surface area (Å²) in [4.78, 5) is 24.6. The number of esters is 1. The number of benzene rings is 2. The number of anilines is 1. The molecule has 2 heterocycles. The average molecular weight is 489 g/mol. The van der Waals surface area contributed by atoms with Crippen LogP contribution in [0.15, 0.2) is 76.5 Å². The monoisotopic (exact) mass is 488 g/mol. The molecule has 0 aliphatic heterocycles. The Labute approximate surface area is 206 Å². The van der Waals surface area contributed by atoms with Crippen LogP contribution in [0.3, 0.4) is 0 Å². The smallest absolute Gasteiger partial charge is 0.316 e. The van der Waals surface area contributed by atoms with Gasteiger partial charge in [0.25, 0.3) is 5.91 Å². The predicted octanol–water partition coefficient (Wildman–Crippen LogP) is 4.35. The number of carbonyl (C=O) groups excluding carboxylic acids is 2. The molecule has 8 nitrogen and oxygen atoms in total. The van der Waals surface area contributed by atoms with E-state index >= 15 is 0 Å². The van der Waals surface area contributed by atoms with Gasteiger partial charge in [-0.1, -0.05) is 48.2 Å². The number of amides is 1. The van der Waals surface area contributed by atoms with E-state index in [4.69, 9.17) is 9.15 Å². The van der Waals surface area contributed by atoms with Crippen molar-refractivity contribution >= 4 is 29.3 Å². The highest BCUT2D eigenvalue weighted by atomic mass is 32.2. The Kier molecular flexibility index (Phi) is 6.94. The molecule has 0 spiro atoms. The van der Waals surface area contributed by atoms with E-state index < -0.39 is 5.97 Å². The van der Waals surface area contributed by atoms with Crippen LogP contribution in [0.1, 0.15) is 23.1 Å². The summed E-state index contributed by atoms with van der Waals surface area (Å²) in [6, 6.07) is 19.4. The molecule has 1 N–H and O–H groups in total. The van der Waals surface area contributed by atoms with Crippen molar-refractivity contribution < 1.29 is 18.7 Å². The van der Waals surface area contributed by atoms with Crippen molar-refractivity contribution in [1.29, 1.82) is 0 Å². The average Bonchev–Trinajstić information content (AvgIpc) is 3.63. The molecular weight excluding hydrogens is 464 g/mol. The van der Waals surface area contributed by atoms with Crippen LogP contribution in [0.4, 0.5) is 5.69 Å². The van der Waals surface area contributed by atoms with Gasteiger partial charge in [-0.05, 0) is 60.2 Å². The number of aryl methyl sites for hydroxylation is 2. The molecule has 0 atom stereocenters. The van der Waals surface area contributed by atoms with Crippen LogP contribution >= 0.6 is 11.8 Å². The highest BCUT2D eigenvalue weighted by Gasteiger charge is 2.19. The Bertz CT molecular complexity index is 1320. The fraction of sp³-hybridized carbons (Fsp3) is 0.231. The Balaban J connectivity index is 1.17. The fourth-order valence-electron chi connectivity index (χ4n) is 4.05. The van der Waals surface area contributed by atoms with Gasteiger partial charge in [-0.15, -0.1) is 10.2 Å². The van der Waals surface area contributed by atoms with Gasteiger partial charge < -0.3 is 14.5 Å². The summed E-state index contributed by atoms with van der Waals surface area (Å²) in [6.45, 7) is 0.176. The minimum atomic E-state index is -0.507. The lowest BCUT2D eigenvalue weighted by Gasteiger charge is -2.10. The summed E-state index contributed by atoms with van der Waals surface area (Å²) in [5.74, 6) is 0.285. The SMILES string of the molecule is O=C(COC(=O)CSc1nnc(-c2ccco2)n1Cc1ccccc1)Nc1ccc2c(c1)CCC2. The van der Waals surface area contributed by atoms with Crippen molar-refractivity contribution in [3.63, 3.8) is 0 Å². The summed E-state index contributed by atoms with van der Waals surface area (Å²) >= 11 is 1.20. The van der Waals surface area contributed by atoms with Crippen LogP contribution in [0.5, 0.6) is 0 Å². The fourth-order valence-corrected chi connectivity index (χ4v) is 4.79. The third-order valence-corrected chi connectivity index (χ3v) is 6.65. The number of rotatable bonds is 9. The number of ether oxygens (including phenoxy) is 1. The van der Waals surface area contributed by atoms with Crippen molar-refractivity contribution in [1.82, 2.24) is 14.8 Å². The van der Waals surface area contributed by atoms with Gasteiger partial charge in [0.2, 0.25) is 5.82 Å². The predicted molar refractivity (Wildman–Crippen MR) is 132 cm³/mol. The maximum atomic E-state index is 12.3. The second-order valence-electron chi connectivity index (χ2n) is 8.19. The first-order chi connectivity index (χ1) is 17.2. The number of nitrogens with zero attached hydrogens (tertiary/aromatic N) is 3. The van der Waals surface area contributed by atoms with E-state index in [1.54, 1.807) is 12.3 Å². The highest BCUT2D eigenvalue weighted by molar-refractivity contribution is 7.99. The maximum Gasteiger partial charge on any atom is 0.316 e. The summed E-state index contributed by atoms with van der Waals surface area (Å²) in [7, 11) is 0. The van der Waals surface area contributed by atoms with Crippen molar-refractivity contribution in [2.75, 3.05) is 17.7 Å². The molecule has 0 radical (unpaired) electrons. The molecule has 1 amide bonds.